The molecule has 1 aliphatic rings. The minimum absolute atomic E-state index is 0.0498. The van der Waals surface area contributed by atoms with Crippen molar-refractivity contribution in [2.24, 2.45) is 5.41 Å². The second-order valence-electron chi connectivity index (χ2n) is 4.10. The van der Waals surface area contributed by atoms with E-state index >= 15 is 0 Å². The van der Waals surface area contributed by atoms with Crippen molar-refractivity contribution in [1.82, 2.24) is 5.32 Å². The summed E-state index contributed by atoms with van der Waals surface area (Å²) in [6.45, 7) is 3.01. The Balaban J connectivity index is 1.89. The molecular weight excluding hydrogens is 262 g/mol. The van der Waals surface area contributed by atoms with Crippen LogP contribution in [0.1, 0.15) is 29.4 Å². The molecule has 0 bridgehead atoms. The number of hydrogen-bond acceptors (Lipinski definition) is 2. The van der Waals surface area contributed by atoms with Gasteiger partial charge in [-0.25, -0.2) is 0 Å². The molecule has 0 radical (unpaired) electrons. The molecule has 1 aliphatic carbocycles. The lowest BCUT2D eigenvalue weighted by atomic mass is 10.1. The lowest BCUT2D eigenvalue weighted by Crippen LogP contribution is -2.28. The first kappa shape index (κ1) is 10.2. The molecule has 1 fully saturated rings. The molecule has 2 nitrogen and oxygen atoms in total. The Morgan fingerprint density at radius 3 is 2.86 bits per heavy atom. The van der Waals surface area contributed by atoms with Crippen LogP contribution in [0.25, 0.3) is 0 Å². The van der Waals surface area contributed by atoms with Gasteiger partial charge in [0.2, 0.25) is 0 Å². The van der Waals surface area contributed by atoms with Crippen molar-refractivity contribution in [3.05, 3.63) is 20.8 Å². The maximum Gasteiger partial charge on any atom is 0.261 e. The lowest BCUT2D eigenvalue weighted by molar-refractivity contribution is 0.0950. The fourth-order valence-corrected chi connectivity index (χ4v) is 2.51. The molecule has 2 rings (SSSR count). The van der Waals surface area contributed by atoms with E-state index in [-0.39, 0.29) is 5.91 Å². The Morgan fingerprint density at radius 2 is 2.36 bits per heavy atom. The third-order valence-electron chi connectivity index (χ3n) is 2.58. The summed E-state index contributed by atoms with van der Waals surface area (Å²) in [7, 11) is 0. The van der Waals surface area contributed by atoms with E-state index in [0.29, 0.717) is 5.41 Å². The van der Waals surface area contributed by atoms with Gasteiger partial charge in [0.15, 0.2) is 0 Å². The zero-order chi connectivity index (χ0) is 10.2. The van der Waals surface area contributed by atoms with Gasteiger partial charge in [0, 0.05) is 6.54 Å². The van der Waals surface area contributed by atoms with Crippen molar-refractivity contribution in [2.45, 2.75) is 19.8 Å². The summed E-state index contributed by atoms with van der Waals surface area (Å²) in [5.41, 5.74) is 0.379. The van der Waals surface area contributed by atoms with Crippen molar-refractivity contribution < 1.29 is 4.79 Å². The van der Waals surface area contributed by atoms with Crippen LogP contribution < -0.4 is 5.32 Å². The summed E-state index contributed by atoms with van der Waals surface area (Å²) >= 11 is 4.81. The predicted octanol–water partition coefficient (Wildman–Crippen LogP) is 3.04. The van der Waals surface area contributed by atoms with Gasteiger partial charge >= 0.3 is 0 Å². The van der Waals surface area contributed by atoms with Gasteiger partial charge in [-0.1, -0.05) is 6.92 Å². The van der Waals surface area contributed by atoms with Crippen LogP contribution in [0.4, 0.5) is 0 Å². The molecule has 1 N–H and O–H groups in total. The van der Waals surface area contributed by atoms with Crippen molar-refractivity contribution in [2.75, 3.05) is 6.54 Å². The number of thiophene rings is 1. The van der Waals surface area contributed by atoms with Crippen molar-refractivity contribution >= 4 is 33.2 Å². The van der Waals surface area contributed by atoms with E-state index in [0.717, 1.165) is 15.2 Å². The fourth-order valence-electron chi connectivity index (χ4n) is 1.21. The molecule has 0 atom stereocenters. The molecule has 1 aromatic heterocycles. The van der Waals surface area contributed by atoms with E-state index in [1.807, 2.05) is 12.1 Å². The normalized spacial score (nSPS) is 17.9. The molecular formula is C10H12BrNOS. The first-order valence-corrected chi connectivity index (χ1v) is 6.24. The zero-order valence-corrected chi connectivity index (χ0v) is 10.4. The first-order chi connectivity index (χ1) is 6.59. The molecule has 0 aromatic carbocycles. The van der Waals surface area contributed by atoms with E-state index in [4.69, 9.17) is 0 Å². The van der Waals surface area contributed by atoms with E-state index in [2.05, 4.69) is 28.2 Å². The number of amides is 1. The zero-order valence-electron chi connectivity index (χ0n) is 7.97. The Bertz CT molecular complexity index is 357. The van der Waals surface area contributed by atoms with Crippen LogP contribution in [-0.4, -0.2) is 12.5 Å². The molecule has 1 amide bonds. The Labute approximate surface area is 95.8 Å². The van der Waals surface area contributed by atoms with E-state index < -0.39 is 0 Å². The summed E-state index contributed by atoms with van der Waals surface area (Å²) < 4.78 is 1.00. The average molecular weight is 274 g/mol. The Kier molecular flexibility index (Phi) is 2.66. The molecule has 0 spiro atoms. The number of nitrogens with one attached hydrogen (secondary N) is 1. The van der Waals surface area contributed by atoms with Crippen LogP contribution >= 0.6 is 27.3 Å². The monoisotopic (exact) mass is 273 g/mol. The van der Waals surface area contributed by atoms with Gasteiger partial charge in [0.1, 0.15) is 0 Å². The van der Waals surface area contributed by atoms with Gasteiger partial charge < -0.3 is 5.32 Å². The topological polar surface area (TPSA) is 29.1 Å². The molecule has 76 valence electrons. The molecule has 4 heteroatoms. The summed E-state index contributed by atoms with van der Waals surface area (Å²) in [6.07, 6.45) is 2.48. The van der Waals surface area contributed by atoms with E-state index in [9.17, 15) is 4.79 Å². The Morgan fingerprint density at radius 1 is 1.64 bits per heavy atom. The van der Waals surface area contributed by atoms with Crippen molar-refractivity contribution in [1.29, 1.82) is 0 Å². The quantitative estimate of drug-likeness (QED) is 0.901. The van der Waals surface area contributed by atoms with Crippen molar-refractivity contribution in [3.63, 3.8) is 0 Å². The number of hydrogen-bond donors (Lipinski definition) is 1. The number of rotatable bonds is 3. The van der Waals surface area contributed by atoms with E-state index in [1.165, 1.54) is 24.2 Å². The van der Waals surface area contributed by atoms with Gasteiger partial charge in [0.05, 0.1) is 8.66 Å². The predicted molar refractivity (Wildman–Crippen MR) is 61.7 cm³/mol. The van der Waals surface area contributed by atoms with Gasteiger partial charge in [-0.05, 0) is 46.3 Å². The van der Waals surface area contributed by atoms with Crippen LogP contribution in [0.5, 0.6) is 0 Å². The maximum atomic E-state index is 11.6. The third kappa shape index (κ3) is 2.36. The fraction of sp³-hybridized carbons (Fsp3) is 0.500. The molecule has 1 heterocycles. The highest BCUT2D eigenvalue weighted by atomic mass is 79.9. The number of carbonyl (C=O) groups is 1. The molecule has 0 aliphatic heterocycles. The van der Waals surface area contributed by atoms with Gasteiger partial charge in [-0.2, -0.15) is 0 Å². The van der Waals surface area contributed by atoms with Crippen molar-refractivity contribution in [3.8, 4) is 0 Å². The maximum absolute atomic E-state index is 11.6. The second kappa shape index (κ2) is 3.66. The third-order valence-corrected chi connectivity index (χ3v) is 4.20. The number of halogens is 1. The first-order valence-electron chi connectivity index (χ1n) is 4.63. The van der Waals surface area contributed by atoms with Crippen LogP contribution in [0.15, 0.2) is 15.9 Å². The molecule has 14 heavy (non-hydrogen) atoms. The smallest absolute Gasteiger partial charge is 0.261 e. The highest BCUT2D eigenvalue weighted by Crippen LogP contribution is 2.44. The molecule has 0 unspecified atom stereocenters. The summed E-state index contributed by atoms with van der Waals surface area (Å²) in [5, 5.41) is 2.97. The van der Waals surface area contributed by atoms with Gasteiger partial charge in [0.25, 0.3) is 5.91 Å². The number of carbonyl (C=O) groups excluding carboxylic acids is 1. The average Bonchev–Trinajstić information content (AvgIpc) is 2.71. The summed E-state index contributed by atoms with van der Waals surface area (Å²) in [5.74, 6) is 0.0498. The largest absolute Gasteiger partial charge is 0.351 e. The second-order valence-corrected chi connectivity index (χ2v) is 6.56. The lowest BCUT2D eigenvalue weighted by Gasteiger charge is -2.08. The van der Waals surface area contributed by atoms with Crippen LogP contribution in [-0.2, 0) is 0 Å². The van der Waals surface area contributed by atoms with Gasteiger partial charge in [-0.3, -0.25) is 4.79 Å². The minimum atomic E-state index is 0.0498. The molecule has 1 saturated carbocycles. The summed E-state index contributed by atoms with van der Waals surface area (Å²) in [6, 6.07) is 3.75. The van der Waals surface area contributed by atoms with Crippen LogP contribution in [0.2, 0.25) is 0 Å². The van der Waals surface area contributed by atoms with E-state index in [1.54, 1.807) is 0 Å². The van der Waals surface area contributed by atoms with Gasteiger partial charge in [-0.15, -0.1) is 11.3 Å². The Hall–Kier alpha value is -0.350. The minimum Gasteiger partial charge on any atom is -0.351 e. The summed E-state index contributed by atoms with van der Waals surface area (Å²) in [4.78, 5) is 12.4. The highest BCUT2D eigenvalue weighted by molar-refractivity contribution is 9.11. The standard InChI is InChI=1S/C10H12BrNOS/c1-10(4-5-10)6-12-9(13)7-2-3-8(11)14-7/h2-3H,4-6H2,1H3,(H,12,13). The van der Waals surface area contributed by atoms with Crippen LogP contribution in [0, 0.1) is 5.41 Å². The molecule has 1 aromatic rings. The SMILES string of the molecule is CC1(CNC(=O)c2ccc(Br)s2)CC1. The van der Waals surface area contributed by atoms with Crippen LogP contribution in [0.3, 0.4) is 0 Å². The molecule has 0 saturated heterocycles. The highest BCUT2D eigenvalue weighted by Gasteiger charge is 2.37.